The predicted molar refractivity (Wildman–Crippen MR) is 142 cm³/mol. The van der Waals surface area contributed by atoms with Crippen molar-refractivity contribution in [1.82, 2.24) is 0 Å². The summed E-state index contributed by atoms with van der Waals surface area (Å²) >= 11 is 9.45. The molecule has 29 heavy (non-hydrogen) atoms. The van der Waals surface area contributed by atoms with E-state index >= 15 is 0 Å². The molecule has 2 N–H and O–H groups in total. The lowest BCUT2D eigenvalue weighted by Crippen LogP contribution is -2.72. The van der Waals surface area contributed by atoms with Gasteiger partial charge < -0.3 is 19.7 Å². The highest BCUT2D eigenvalue weighted by Crippen LogP contribution is 2.63. The van der Waals surface area contributed by atoms with Crippen LogP contribution < -0.4 is 0 Å². The molecule has 3 saturated carbocycles. The summed E-state index contributed by atoms with van der Waals surface area (Å²) in [5.74, 6) is 0.502. The van der Waals surface area contributed by atoms with E-state index in [0.717, 1.165) is 38.5 Å². The number of alkyl halides is 4. The van der Waals surface area contributed by atoms with Gasteiger partial charge in [0, 0.05) is 25.6 Å². The van der Waals surface area contributed by atoms with Crippen LogP contribution in [0.2, 0.25) is 0 Å². The van der Waals surface area contributed by atoms with Crippen LogP contribution in [-0.2, 0) is 14.3 Å². The quantitative estimate of drug-likeness (QED) is 0.221. The van der Waals surface area contributed by atoms with E-state index < -0.39 is 17.8 Å². The van der Waals surface area contributed by atoms with Gasteiger partial charge >= 0.3 is 5.97 Å². The van der Waals surface area contributed by atoms with E-state index in [1.54, 1.807) is 0 Å². The van der Waals surface area contributed by atoms with Gasteiger partial charge in [-0.15, -0.1) is 0 Å². The van der Waals surface area contributed by atoms with E-state index in [1.165, 1.54) is 0 Å². The molecular weight excluding hydrogens is 828 g/mol. The summed E-state index contributed by atoms with van der Waals surface area (Å²) in [6.45, 7) is 0. The maximum Gasteiger partial charge on any atom is 0.309 e. The van der Waals surface area contributed by atoms with E-state index in [1.807, 2.05) is 0 Å². The third-order valence-electron chi connectivity index (χ3n) is 8.17. The normalized spacial score (nSPS) is 59.6. The first-order valence-electron chi connectivity index (χ1n) is 10.6. The van der Waals surface area contributed by atoms with Gasteiger partial charge in [-0.05, 0) is 25.7 Å². The van der Waals surface area contributed by atoms with Crippen LogP contribution in [0.15, 0.2) is 0 Å². The van der Waals surface area contributed by atoms with Gasteiger partial charge in [-0.3, -0.25) is 4.79 Å². The van der Waals surface area contributed by atoms with Crippen LogP contribution in [0.4, 0.5) is 0 Å². The molecule has 12 atom stereocenters. The van der Waals surface area contributed by atoms with Gasteiger partial charge in [0.1, 0.15) is 5.60 Å². The number of hydrogen-bond donors (Lipinski definition) is 2. The minimum Gasteiger partial charge on any atom is -0.458 e. The molecule has 0 bridgehead atoms. The summed E-state index contributed by atoms with van der Waals surface area (Å²) in [4.78, 5) is 13.1. The zero-order valence-corrected chi connectivity index (χ0v) is 24.4. The molecule has 0 aromatic carbocycles. The Kier molecular flexibility index (Phi) is 6.74. The Hall–Kier alpha value is 2.27. The molecule has 0 aromatic rings. The molecule has 9 heteroatoms. The van der Waals surface area contributed by atoms with Crippen molar-refractivity contribution in [3.05, 3.63) is 0 Å². The van der Waals surface area contributed by atoms with Gasteiger partial charge in [0.15, 0.2) is 0 Å². The van der Waals surface area contributed by atoms with Crippen molar-refractivity contribution in [2.45, 2.75) is 84.2 Å². The Morgan fingerprint density at radius 1 is 0.828 bits per heavy atom. The van der Waals surface area contributed by atoms with Crippen LogP contribution in [0.3, 0.4) is 0 Å². The predicted octanol–water partition coefficient (Wildman–Crippen LogP) is 3.83. The Bertz CT molecular complexity index is 645. The zero-order valence-electron chi connectivity index (χ0n) is 15.8. The number of carbonyl (C=O) groups is 1. The third kappa shape index (κ3) is 3.41. The van der Waals surface area contributed by atoms with Crippen molar-refractivity contribution < 1.29 is 24.5 Å². The second-order valence-electron chi connectivity index (χ2n) is 9.42. The van der Waals surface area contributed by atoms with Crippen LogP contribution in [0.1, 0.15) is 38.5 Å². The summed E-state index contributed by atoms with van der Waals surface area (Å²) in [7, 11) is 0. The highest BCUT2D eigenvalue weighted by Gasteiger charge is 2.72. The van der Waals surface area contributed by atoms with E-state index in [9.17, 15) is 15.0 Å². The average Bonchev–Trinajstić information content (AvgIpc) is 3.00. The van der Waals surface area contributed by atoms with Crippen molar-refractivity contribution in [2.75, 3.05) is 0 Å². The number of hydrogen-bond acceptors (Lipinski definition) is 5. The lowest BCUT2D eigenvalue weighted by Gasteiger charge is -2.62. The molecule has 0 amide bonds. The van der Waals surface area contributed by atoms with Crippen molar-refractivity contribution in [3.8, 4) is 0 Å². The second-order valence-corrected chi connectivity index (χ2v) is 15.5. The van der Waals surface area contributed by atoms with Crippen LogP contribution in [0.5, 0.6) is 0 Å². The number of ether oxygens (including phenoxy) is 2. The molecule has 5 aliphatic rings. The zero-order chi connectivity index (χ0) is 20.7. The molecule has 2 aliphatic heterocycles. The molecule has 5 rings (SSSR count). The number of fused-ring (bicyclic) bond motifs is 6. The highest BCUT2D eigenvalue weighted by molar-refractivity contribution is 14.1. The smallest absolute Gasteiger partial charge is 0.309 e. The molecule has 2 heterocycles. The Balaban J connectivity index is 1.63. The number of aliphatic hydroxyl groups is 2. The monoisotopic (exact) mass is 854 g/mol. The van der Waals surface area contributed by atoms with Crippen LogP contribution in [0.25, 0.3) is 0 Å². The average molecular weight is 854 g/mol. The summed E-state index contributed by atoms with van der Waals surface area (Å²) in [6, 6.07) is 0. The molecule has 5 fully saturated rings. The third-order valence-corrected chi connectivity index (χ3v) is 13.6. The summed E-state index contributed by atoms with van der Waals surface area (Å²) in [5.41, 5.74) is -0.504. The SMILES string of the molecule is O=C1OC2(C3CCCCC13)C1CC(I)C(O)C(I)C1OC1C(I)C(O)C(I)CC12. The molecule has 3 aliphatic carbocycles. The Morgan fingerprint density at radius 3 is 1.90 bits per heavy atom. The topological polar surface area (TPSA) is 76.0 Å². The van der Waals surface area contributed by atoms with Gasteiger partial charge in [-0.2, -0.15) is 0 Å². The first kappa shape index (κ1) is 23.0. The molecule has 0 aromatic heterocycles. The second kappa shape index (κ2) is 8.49. The molecular formula is C20H26I4O5. The van der Waals surface area contributed by atoms with Crippen molar-refractivity contribution >= 4 is 96.3 Å². The molecule has 0 radical (unpaired) electrons. The molecule has 5 nitrogen and oxygen atoms in total. The van der Waals surface area contributed by atoms with Crippen molar-refractivity contribution in [1.29, 1.82) is 0 Å². The summed E-state index contributed by atoms with van der Waals surface area (Å²) in [6.07, 6.45) is 4.77. The molecule has 1 spiro atoms. The maximum absolute atomic E-state index is 13.1. The summed E-state index contributed by atoms with van der Waals surface area (Å²) in [5, 5.41) is 21.6. The standard InChI is InChI=1S/C20H26I4O5/c21-11-5-9-17(13(23)15(11)25)28-18-10(6-12(22)16(26)14(18)24)20(9)8-4-2-1-3-7(8)19(27)29-20/h7-18,25-26H,1-6H2. The molecule has 2 saturated heterocycles. The molecule has 164 valence electrons. The minimum atomic E-state index is -0.504. The molecule has 12 unspecified atom stereocenters. The highest BCUT2D eigenvalue weighted by atomic mass is 127. The lowest BCUT2D eigenvalue weighted by molar-refractivity contribution is -0.259. The van der Waals surface area contributed by atoms with Crippen molar-refractivity contribution in [2.24, 2.45) is 23.7 Å². The van der Waals surface area contributed by atoms with Crippen molar-refractivity contribution in [3.63, 3.8) is 0 Å². The van der Waals surface area contributed by atoms with Crippen LogP contribution in [0, 0.1) is 23.7 Å². The van der Waals surface area contributed by atoms with E-state index in [2.05, 4.69) is 90.4 Å². The maximum atomic E-state index is 13.1. The van der Waals surface area contributed by atoms with Crippen LogP contribution >= 0.6 is 90.4 Å². The first-order chi connectivity index (χ1) is 13.8. The number of aliphatic hydroxyl groups excluding tert-OH is 2. The van der Waals surface area contributed by atoms with Gasteiger partial charge in [0.2, 0.25) is 0 Å². The number of halogens is 4. The minimum absolute atomic E-state index is 0.00336. The Labute approximate surface area is 226 Å². The summed E-state index contributed by atoms with van der Waals surface area (Å²) < 4.78 is 13.5. The fourth-order valence-electron chi connectivity index (χ4n) is 6.92. The van der Waals surface area contributed by atoms with Crippen LogP contribution in [-0.4, -0.2) is 61.9 Å². The van der Waals surface area contributed by atoms with Gasteiger partial charge in [-0.25, -0.2) is 0 Å². The van der Waals surface area contributed by atoms with Gasteiger partial charge in [-0.1, -0.05) is 103 Å². The number of rotatable bonds is 0. The number of esters is 1. The number of carbonyl (C=O) groups excluding carboxylic acids is 1. The van der Waals surface area contributed by atoms with E-state index in [4.69, 9.17) is 9.47 Å². The van der Waals surface area contributed by atoms with Gasteiger partial charge in [0.25, 0.3) is 0 Å². The fourth-order valence-corrected chi connectivity index (χ4v) is 12.8. The fraction of sp³-hybridized carbons (Fsp3) is 0.950. The Morgan fingerprint density at radius 2 is 1.34 bits per heavy atom. The van der Waals surface area contributed by atoms with Gasteiger partial charge in [0.05, 0.1) is 38.2 Å². The van der Waals surface area contributed by atoms with E-state index in [0.29, 0.717) is 0 Å². The lowest BCUT2D eigenvalue weighted by atomic mass is 9.54. The largest absolute Gasteiger partial charge is 0.458 e. The first-order valence-corrected chi connectivity index (χ1v) is 15.6. The van der Waals surface area contributed by atoms with E-state index in [-0.39, 0.29) is 57.5 Å².